The number of rotatable bonds is 3. The van der Waals surface area contributed by atoms with Crippen LogP contribution in [0.25, 0.3) is 0 Å². The molecule has 0 aromatic heterocycles. The summed E-state index contributed by atoms with van der Waals surface area (Å²) in [5.74, 6) is 0. The lowest BCUT2D eigenvalue weighted by Crippen LogP contribution is -2.60. The zero-order valence-electron chi connectivity index (χ0n) is 15.0. The van der Waals surface area contributed by atoms with Crippen LogP contribution in [0.15, 0.2) is 0 Å². The molecule has 22 heavy (non-hydrogen) atoms. The summed E-state index contributed by atoms with van der Waals surface area (Å²) in [6, 6.07) is 1.02. The highest BCUT2D eigenvalue weighted by Crippen LogP contribution is 2.31. The van der Waals surface area contributed by atoms with Crippen molar-refractivity contribution < 1.29 is 9.53 Å². The third-order valence-corrected chi connectivity index (χ3v) is 5.51. The Morgan fingerprint density at radius 2 is 1.86 bits per heavy atom. The zero-order chi connectivity index (χ0) is 16.3. The van der Waals surface area contributed by atoms with Gasteiger partial charge in [0.25, 0.3) is 0 Å². The molecule has 0 radical (unpaired) electrons. The monoisotopic (exact) mass is 311 g/mol. The van der Waals surface area contributed by atoms with Gasteiger partial charge in [0.05, 0.1) is 12.2 Å². The first-order valence-corrected chi connectivity index (χ1v) is 8.78. The summed E-state index contributed by atoms with van der Waals surface area (Å²) in [5, 5.41) is 0. The van der Waals surface area contributed by atoms with Gasteiger partial charge < -0.3 is 14.5 Å². The van der Waals surface area contributed by atoms with Gasteiger partial charge in [0, 0.05) is 45.3 Å². The Kier molecular flexibility index (Phi) is 5.72. The minimum atomic E-state index is -0.0329. The van der Waals surface area contributed by atoms with E-state index >= 15 is 0 Å². The fraction of sp³-hybridized carbons (Fsp3) is 0.941. The van der Waals surface area contributed by atoms with Gasteiger partial charge in [0.2, 0.25) is 0 Å². The average molecular weight is 311 g/mol. The molecule has 1 atom stereocenters. The summed E-state index contributed by atoms with van der Waals surface area (Å²) < 4.78 is 6.17. The van der Waals surface area contributed by atoms with Crippen molar-refractivity contribution in [3.63, 3.8) is 0 Å². The van der Waals surface area contributed by atoms with Gasteiger partial charge in [0.15, 0.2) is 0 Å². The Bertz CT molecular complexity index is 378. The lowest BCUT2D eigenvalue weighted by atomic mass is 9.89. The number of nitrogens with zero attached hydrogens (tertiary/aromatic N) is 3. The summed E-state index contributed by atoms with van der Waals surface area (Å²) >= 11 is 0. The van der Waals surface area contributed by atoms with Crippen LogP contribution in [0, 0.1) is 0 Å². The smallest absolute Gasteiger partial charge is 0.319 e. The molecule has 2 fully saturated rings. The number of carbonyl (C=O) groups excluding carboxylic acids is 1. The number of hydrogen-bond acceptors (Lipinski definition) is 3. The maximum atomic E-state index is 12.4. The van der Waals surface area contributed by atoms with Crippen molar-refractivity contribution in [1.29, 1.82) is 0 Å². The fourth-order valence-corrected chi connectivity index (χ4v) is 3.36. The highest BCUT2D eigenvalue weighted by molar-refractivity contribution is 5.74. The Morgan fingerprint density at radius 3 is 2.41 bits per heavy atom. The lowest BCUT2D eigenvalue weighted by Gasteiger charge is -2.49. The Labute approximate surface area is 135 Å². The van der Waals surface area contributed by atoms with Gasteiger partial charge in [-0.05, 0) is 40.0 Å². The summed E-state index contributed by atoms with van der Waals surface area (Å²) in [4.78, 5) is 18.8. The molecule has 0 aromatic rings. The van der Waals surface area contributed by atoms with Crippen LogP contribution < -0.4 is 0 Å². The van der Waals surface area contributed by atoms with Crippen LogP contribution >= 0.6 is 0 Å². The number of hydrogen-bond donors (Lipinski definition) is 0. The standard InChI is InChI=1S/C17H33N3O2/c1-6-15(4)20-11-12-22-17(13-20)7-9-19(10-8-17)16(21)18(5)14(2)3/h14-15H,6-13H2,1-5H3. The number of morpholine rings is 1. The highest BCUT2D eigenvalue weighted by atomic mass is 16.5. The van der Waals surface area contributed by atoms with E-state index < -0.39 is 0 Å². The van der Waals surface area contributed by atoms with E-state index in [0.717, 1.165) is 45.6 Å². The van der Waals surface area contributed by atoms with Gasteiger partial charge in [-0.15, -0.1) is 0 Å². The van der Waals surface area contributed by atoms with Gasteiger partial charge in [-0.25, -0.2) is 4.79 Å². The predicted molar refractivity (Wildman–Crippen MR) is 89.1 cm³/mol. The second-order valence-electron chi connectivity index (χ2n) is 7.23. The topological polar surface area (TPSA) is 36.0 Å². The number of piperidine rings is 1. The second kappa shape index (κ2) is 7.18. The van der Waals surface area contributed by atoms with Crippen LogP contribution in [0.4, 0.5) is 4.79 Å². The van der Waals surface area contributed by atoms with Gasteiger partial charge in [-0.1, -0.05) is 6.92 Å². The highest BCUT2D eigenvalue weighted by Gasteiger charge is 2.41. The first-order valence-electron chi connectivity index (χ1n) is 8.78. The Hall–Kier alpha value is -0.810. The molecule has 2 aliphatic rings. The van der Waals surface area contributed by atoms with Crippen LogP contribution in [0.2, 0.25) is 0 Å². The van der Waals surface area contributed by atoms with Gasteiger partial charge in [0.1, 0.15) is 0 Å². The van der Waals surface area contributed by atoms with E-state index in [1.165, 1.54) is 6.42 Å². The molecule has 5 nitrogen and oxygen atoms in total. The number of amides is 2. The van der Waals surface area contributed by atoms with E-state index in [1.54, 1.807) is 0 Å². The van der Waals surface area contributed by atoms with Crippen LogP contribution in [-0.2, 0) is 4.74 Å². The SMILES string of the molecule is CCC(C)N1CCOC2(CCN(C(=O)N(C)C(C)C)CC2)C1. The second-order valence-corrected chi connectivity index (χ2v) is 7.23. The Balaban J connectivity index is 1.92. The summed E-state index contributed by atoms with van der Waals surface area (Å²) in [7, 11) is 1.89. The van der Waals surface area contributed by atoms with Gasteiger partial charge in [-0.2, -0.15) is 0 Å². The molecule has 2 saturated heterocycles. The number of ether oxygens (including phenoxy) is 1. The summed E-state index contributed by atoms with van der Waals surface area (Å²) in [6.45, 7) is 13.2. The maximum Gasteiger partial charge on any atom is 0.319 e. The molecule has 0 bridgehead atoms. The summed E-state index contributed by atoms with van der Waals surface area (Å²) in [6.07, 6.45) is 3.09. The predicted octanol–water partition coefficient (Wildman–Crippen LogP) is 2.41. The van der Waals surface area contributed by atoms with Crippen molar-refractivity contribution in [2.24, 2.45) is 0 Å². The third-order valence-electron chi connectivity index (χ3n) is 5.51. The van der Waals surface area contributed by atoms with E-state index in [2.05, 4.69) is 32.6 Å². The largest absolute Gasteiger partial charge is 0.372 e. The minimum absolute atomic E-state index is 0.0329. The molecular formula is C17H33N3O2. The molecule has 0 aromatic carbocycles. The van der Waals surface area contributed by atoms with E-state index in [1.807, 2.05) is 16.8 Å². The van der Waals surface area contributed by atoms with Crippen molar-refractivity contribution in [1.82, 2.24) is 14.7 Å². The van der Waals surface area contributed by atoms with Crippen molar-refractivity contribution in [2.45, 2.75) is 64.6 Å². The van der Waals surface area contributed by atoms with E-state index in [0.29, 0.717) is 6.04 Å². The first kappa shape index (κ1) is 17.5. The van der Waals surface area contributed by atoms with Crippen LogP contribution in [-0.4, -0.2) is 78.2 Å². The zero-order valence-corrected chi connectivity index (χ0v) is 15.0. The molecule has 1 unspecified atom stereocenters. The molecule has 128 valence electrons. The number of carbonyl (C=O) groups is 1. The molecule has 2 heterocycles. The fourth-order valence-electron chi connectivity index (χ4n) is 3.36. The molecule has 0 N–H and O–H groups in total. The summed E-state index contributed by atoms with van der Waals surface area (Å²) in [5.41, 5.74) is -0.0329. The number of urea groups is 1. The molecule has 2 amide bonds. The molecule has 1 spiro atoms. The minimum Gasteiger partial charge on any atom is -0.372 e. The lowest BCUT2D eigenvalue weighted by molar-refractivity contribution is -0.139. The van der Waals surface area contributed by atoms with E-state index in [-0.39, 0.29) is 17.7 Å². The van der Waals surface area contributed by atoms with E-state index in [4.69, 9.17) is 4.74 Å². The van der Waals surface area contributed by atoms with Crippen LogP contribution in [0.5, 0.6) is 0 Å². The van der Waals surface area contributed by atoms with Crippen LogP contribution in [0.1, 0.15) is 47.0 Å². The van der Waals surface area contributed by atoms with Crippen molar-refractivity contribution in [2.75, 3.05) is 39.8 Å². The molecule has 5 heteroatoms. The molecular weight excluding hydrogens is 278 g/mol. The third kappa shape index (κ3) is 3.74. The van der Waals surface area contributed by atoms with Crippen LogP contribution in [0.3, 0.4) is 0 Å². The van der Waals surface area contributed by atoms with Crippen molar-refractivity contribution >= 4 is 6.03 Å². The van der Waals surface area contributed by atoms with Gasteiger partial charge in [-0.3, -0.25) is 4.90 Å². The molecule has 0 aliphatic carbocycles. The van der Waals surface area contributed by atoms with Gasteiger partial charge >= 0.3 is 6.03 Å². The molecule has 2 aliphatic heterocycles. The molecule has 0 saturated carbocycles. The van der Waals surface area contributed by atoms with E-state index in [9.17, 15) is 4.79 Å². The average Bonchev–Trinajstić information content (AvgIpc) is 2.53. The Morgan fingerprint density at radius 1 is 1.23 bits per heavy atom. The van der Waals surface area contributed by atoms with Crippen molar-refractivity contribution in [3.8, 4) is 0 Å². The van der Waals surface area contributed by atoms with Crippen molar-refractivity contribution in [3.05, 3.63) is 0 Å². The normalized spacial score (nSPS) is 23.8. The maximum absolute atomic E-state index is 12.4. The first-order chi connectivity index (χ1) is 10.4. The molecule has 2 rings (SSSR count). The quantitative estimate of drug-likeness (QED) is 0.803. The number of likely N-dealkylation sites (tertiary alicyclic amines) is 1.